The van der Waals surface area contributed by atoms with Gasteiger partial charge in [-0.2, -0.15) is 26.3 Å². The lowest BCUT2D eigenvalue weighted by atomic mass is 9.98. The lowest BCUT2D eigenvalue weighted by Crippen LogP contribution is -2.45. The number of ether oxygens (including phenoxy) is 1. The second kappa shape index (κ2) is 10.3. The molecule has 2 aromatic heterocycles. The number of anilines is 1. The fourth-order valence-electron chi connectivity index (χ4n) is 3.22. The lowest BCUT2D eigenvalue weighted by molar-refractivity contribution is -0.289. The van der Waals surface area contributed by atoms with E-state index in [0.29, 0.717) is 18.1 Å². The van der Waals surface area contributed by atoms with E-state index in [4.69, 9.17) is 9.15 Å². The molecule has 0 saturated carbocycles. The number of allylic oxidation sites excluding steroid dienone is 2. The first kappa shape index (κ1) is 26.6. The van der Waals surface area contributed by atoms with Crippen LogP contribution in [0.1, 0.15) is 30.7 Å². The Labute approximate surface area is 203 Å². The summed E-state index contributed by atoms with van der Waals surface area (Å²) >= 11 is 2.67. The van der Waals surface area contributed by atoms with Gasteiger partial charge in [-0.05, 0) is 40.4 Å². The van der Waals surface area contributed by atoms with Crippen molar-refractivity contribution in [1.29, 1.82) is 0 Å². The monoisotopic (exact) mass is 566 g/mol. The Bertz CT molecular complexity index is 1160. The molecule has 1 aliphatic rings. The molecule has 1 unspecified atom stereocenters. The second-order valence-electron chi connectivity index (χ2n) is 7.26. The predicted molar refractivity (Wildman–Crippen MR) is 115 cm³/mol. The summed E-state index contributed by atoms with van der Waals surface area (Å²) in [7, 11) is 0. The van der Waals surface area contributed by atoms with Crippen LogP contribution in [0.15, 0.2) is 51.5 Å². The Kier molecular flexibility index (Phi) is 7.84. The van der Waals surface area contributed by atoms with E-state index in [-0.39, 0.29) is 6.41 Å². The van der Waals surface area contributed by atoms with E-state index >= 15 is 0 Å². The number of carbonyl (C=O) groups is 1. The maximum absolute atomic E-state index is 14.3. The minimum atomic E-state index is -5.04. The predicted octanol–water partition coefficient (Wildman–Crippen LogP) is 6.11. The number of hydrogen-bond donors (Lipinski definition) is 1. The molecule has 1 amide bonds. The number of pyridine rings is 1. The van der Waals surface area contributed by atoms with Crippen molar-refractivity contribution in [2.45, 2.75) is 37.2 Å². The van der Waals surface area contributed by atoms with Crippen LogP contribution in [0, 0.1) is 0 Å². The number of aromatic nitrogens is 3. The average molecular weight is 567 g/mol. The van der Waals surface area contributed by atoms with Crippen molar-refractivity contribution in [2.24, 2.45) is 0 Å². The normalized spacial score (nSPS) is 15.9. The van der Waals surface area contributed by atoms with Gasteiger partial charge in [0.1, 0.15) is 4.60 Å². The standard InChI is InChI=1S/C21H17BrF6N4O3/c1-2-8-19(21(26,27)28,34-10-12-6-4-3-5-7-12)18-32-31-17(35-18)15-14(29-11-33)9-13(16(22)30-15)20(23,24)25/h2,4,6-7,9,11H,1,3,5,8,10H2,(H,29,33). The second-order valence-corrected chi connectivity index (χ2v) is 8.01. The molecule has 1 aliphatic carbocycles. The Morgan fingerprint density at radius 3 is 2.51 bits per heavy atom. The summed E-state index contributed by atoms with van der Waals surface area (Å²) in [6.07, 6.45) is -3.08. The third kappa shape index (κ3) is 5.64. The van der Waals surface area contributed by atoms with E-state index in [9.17, 15) is 31.1 Å². The molecule has 0 saturated heterocycles. The Morgan fingerprint density at radius 2 is 1.94 bits per heavy atom. The maximum Gasteiger partial charge on any atom is 0.426 e. The third-order valence-corrected chi connectivity index (χ3v) is 5.52. The van der Waals surface area contributed by atoms with Gasteiger partial charge in [-0.1, -0.05) is 24.3 Å². The zero-order valence-corrected chi connectivity index (χ0v) is 19.3. The van der Waals surface area contributed by atoms with Gasteiger partial charge in [-0.25, -0.2) is 4.98 Å². The fraction of sp³-hybridized carbons (Fsp3) is 0.333. The molecule has 0 aliphatic heterocycles. The van der Waals surface area contributed by atoms with Gasteiger partial charge in [0.05, 0.1) is 17.9 Å². The van der Waals surface area contributed by atoms with Gasteiger partial charge in [0.25, 0.3) is 11.8 Å². The summed E-state index contributed by atoms with van der Waals surface area (Å²) in [5.41, 5.74) is -4.81. The molecular weight excluding hydrogens is 550 g/mol. The van der Waals surface area contributed by atoms with E-state index < -0.39 is 64.3 Å². The first-order valence-corrected chi connectivity index (χ1v) is 10.7. The van der Waals surface area contributed by atoms with Crippen molar-refractivity contribution >= 4 is 28.0 Å². The molecule has 3 rings (SSSR count). The molecule has 1 N–H and O–H groups in total. The van der Waals surface area contributed by atoms with Gasteiger partial charge in [-0.15, -0.1) is 16.8 Å². The fourth-order valence-corrected chi connectivity index (χ4v) is 3.74. The number of nitrogens with one attached hydrogen (secondary N) is 1. The quantitative estimate of drug-likeness (QED) is 0.170. The number of hydrogen-bond acceptors (Lipinski definition) is 6. The summed E-state index contributed by atoms with van der Waals surface area (Å²) in [5, 5.41) is 9.02. The van der Waals surface area contributed by atoms with Crippen LogP contribution >= 0.6 is 15.9 Å². The Balaban J connectivity index is 2.08. The minimum absolute atomic E-state index is 0.0676. The molecule has 7 nitrogen and oxygen atoms in total. The van der Waals surface area contributed by atoms with Gasteiger partial charge in [-0.3, -0.25) is 4.79 Å². The van der Waals surface area contributed by atoms with Crippen molar-refractivity contribution in [3.05, 3.63) is 58.6 Å². The SMILES string of the molecule is C=CCC(OCC1=CCCC=C1)(c1nnc(-c2nc(Br)c(C(F)(F)F)cc2NC=O)o1)C(F)(F)F. The highest BCUT2D eigenvalue weighted by Gasteiger charge is 2.60. The lowest BCUT2D eigenvalue weighted by Gasteiger charge is -2.32. The number of carbonyl (C=O) groups excluding carboxylic acids is 1. The van der Waals surface area contributed by atoms with Crippen molar-refractivity contribution < 1.29 is 40.3 Å². The van der Waals surface area contributed by atoms with Crippen LogP contribution in [0.25, 0.3) is 11.6 Å². The molecule has 0 spiro atoms. The highest BCUT2D eigenvalue weighted by molar-refractivity contribution is 9.10. The molecule has 0 fully saturated rings. The van der Waals surface area contributed by atoms with E-state index in [1.807, 2.05) is 5.32 Å². The highest BCUT2D eigenvalue weighted by atomic mass is 79.9. The Hall–Kier alpha value is -3.00. The molecule has 2 heterocycles. The van der Waals surface area contributed by atoms with Gasteiger partial charge in [0, 0.05) is 6.42 Å². The first-order chi connectivity index (χ1) is 16.4. The van der Waals surface area contributed by atoms with E-state index in [2.05, 4.69) is 37.7 Å². The van der Waals surface area contributed by atoms with Crippen LogP contribution in [0.5, 0.6) is 0 Å². The molecule has 0 aromatic carbocycles. The summed E-state index contributed by atoms with van der Waals surface area (Å²) < 4.78 is 92.5. The number of alkyl halides is 6. The molecular formula is C21H17BrF6N4O3. The van der Waals surface area contributed by atoms with Crippen LogP contribution in [0.3, 0.4) is 0 Å². The van der Waals surface area contributed by atoms with E-state index in [1.54, 1.807) is 18.2 Å². The third-order valence-electron chi connectivity index (χ3n) is 4.92. The van der Waals surface area contributed by atoms with Crippen molar-refractivity contribution in [3.63, 3.8) is 0 Å². The van der Waals surface area contributed by atoms with Crippen molar-refractivity contribution in [2.75, 3.05) is 11.9 Å². The number of amides is 1. The van der Waals surface area contributed by atoms with Gasteiger partial charge < -0.3 is 14.5 Å². The number of nitrogens with zero attached hydrogens (tertiary/aromatic N) is 3. The zero-order valence-electron chi connectivity index (χ0n) is 17.7. The van der Waals surface area contributed by atoms with Gasteiger partial charge >= 0.3 is 12.4 Å². The molecule has 14 heteroatoms. The van der Waals surface area contributed by atoms with Crippen LogP contribution in [-0.4, -0.2) is 34.4 Å². The molecule has 1 atom stereocenters. The van der Waals surface area contributed by atoms with Crippen LogP contribution in [0.4, 0.5) is 32.0 Å². The van der Waals surface area contributed by atoms with Crippen molar-refractivity contribution in [1.82, 2.24) is 15.2 Å². The van der Waals surface area contributed by atoms with E-state index in [0.717, 1.165) is 12.5 Å². The smallest absolute Gasteiger partial charge is 0.416 e. The number of rotatable bonds is 9. The topological polar surface area (TPSA) is 90.1 Å². The van der Waals surface area contributed by atoms with Crippen LogP contribution in [-0.2, 0) is 21.3 Å². The van der Waals surface area contributed by atoms with E-state index in [1.165, 1.54) is 0 Å². The largest absolute Gasteiger partial charge is 0.426 e. The first-order valence-electron chi connectivity index (χ1n) is 9.92. The summed E-state index contributed by atoms with van der Waals surface area (Å²) in [6.45, 7) is 2.93. The van der Waals surface area contributed by atoms with Gasteiger partial charge in [0.15, 0.2) is 5.69 Å². The summed E-state index contributed by atoms with van der Waals surface area (Å²) in [5.74, 6) is -1.67. The molecule has 35 heavy (non-hydrogen) atoms. The average Bonchev–Trinajstić information content (AvgIpc) is 3.27. The zero-order chi connectivity index (χ0) is 25.9. The molecule has 0 radical (unpaired) electrons. The van der Waals surface area contributed by atoms with Crippen LogP contribution < -0.4 is 5.32 Å². The van der Waals surface area contributed by atoms with Crippen LogP contribution in [0.2, 0.25) is 0 Å². The molecule has 2 aromatic rings. The molecule has 0 bridgehead atoms. The van der Waals surface area contributed by atoms with Crippen molar-refractivity contribution in [3.8, 4) is 11.6 Å². The molecule has 188 valence electrons. The number of halogens is 7. The summed E-state index contributed by atoms with van der Waals surface area (Å²) in [4.78, 5) is 14.6. The summed E-state index contributed by atoms with van der Waals surface area (Å²) in [6, 6.07) is 0.532. The highest BCUT2D eigenvalue weighted by Crippen LogP contribution is 2.46. The van der Waals surface area contributed by atoms with Gasteiger partial charge in [0.2, 0.25) is 12.0 Å². The Morgan fingerprint density at radius 1 is 1.20 bits per heavy atom. The minimum Gasteiger partial charge on any atom is -0.416 e. The maximum atomic E-state index is 14.3.